The molecule has 3 nitrogen and oxygen atoms in total. The molecule has 0 radical (unpaired) electrons. The van der Waals surface area contributed by atoms with Crippen molar-refractivity contribution in [2.24, 2.45) is 5.41 Å². The molecule has 0 atom stereocenters. The first-order valence-corrected chi connectivity index (χ1v) is 9.44. The maximum absolute atomic E-state index is 11.1. The van der Waals surface area contributed by atoms with Crippen LogP contribution in [0.25, 0.3) is 0 Å². The quantitative estimate of drug-likeness (QED) is 0.433. The van der Waals surface area contributed by atoms with E-state index in [0.29, 0.717) is 16.5 Å². The molecule has 0 aliphatic carbocycles. The lowest BCUT2D eigenvalue weighted by Gasteiger charge is -2.17. The van der Waals surface area contributed by atoms with Crippen LogP contribution in [0.1, 0.15) is 99.3 Å². The molecule has 0 spiro atoms. The van der Waals surface area contributed by atoms with Gasteiger partial charge in [-0.3, -0.25) is 0 Å². The second kappa shape index (κ2) is 10.2. The van der Waals surface area contributed by atoms with Gasteiger partial charge in [0.05, 0.1) is 0 Å². The van der Waals surface area contributed by atoms with E-state index in [2.05, 4.69) is 31.7 Å². The van der Waals surface area contributed by atoms with Crippen LogP contribution in [0.4, 0.5) is 0 Å². The topological polar surface area (TPSA) is 50.2 Å². The van der Waals surface area contributed by atoms with Crippen LogP contribution in [0.2, 0.25) is 0 Å². The van der Waals surface area contributed by atoms with Crippen LogP contribution in [0.15, 0.2) is 6.20 Å². The minimum absolute atomic E-state index is 0.0620. The first kappa shape index (κ1) is 21.2. The minimum Gasteiger partial charge on any atom is -0.477 e. The van der Waals surface area contributed by atoms with Crippen molar-refractivity contribution in [3.63, 3.8) is 0 Å². The van der Waals surface area contributed by atoms with Crippen LogP contribution in [-0.2, 0) is 6.42 Å². The molecule has 1 aromatic heterocycles. The second-order valence-corrected chi connectivity index (χ2v) is 8.12. The van der Waals surface area contributed by atoms with Gasteiger partial charge in [0, 0.05) is 11.8 Å². The zero-order chi connectivity index (χ0) is 18.9. The zero-order valence-electron chi connectivity index (χ0n) is 16.3. The largest absolute Gasteiger partial charge is 0.477 e. The lowest BCUT2D eigenvalue weighted by Crippen LogP contribution is -2.07. The summed E-state index contributed by atoms with van der Waals surface area (Å²) in [5, 5.41) is 9.12. The summed E-state index contributed by atoms with van der Waals surface area (Å²) in [4.78, 5) is 15.2. The molecule has 3 heteroatoms. The van der Waals surface area contributed by atoms with Crippen molar-refractivity contribution in [3.8, 4) is 12.3 Å². The molecule has 0 fully saturated rings. The van der Waals surface area contributed by atoms with Crippen molar-refractivity contribution in [1.29, 1.82) is 0 Å². The first-order valence-electron chi connectivity index (χ1n) is 9.44. The standard InChI is InChI=1S/C22H33NO2/c1-6-19-17(2)20(21(24)25)23-16-18(19)14-12-10-8-7-9-11-13-15-22(3,4)5/h1,16H,7-15H2,2-5H3,(H,24,25). The van der Waals surface area contributed by atoms with Crippen LogP contribution in [0.3, 0.4) is 0 Å². The summed E-state index contributed by atoms with van der Waals surface area (Å²) in [7, 11) is 0. The highest BCUT2D eigenvalue weighted by atomic mass is 16.4. The fourth-order valence-corrected chi connectivity index (χ4v) is 3.12. The number of aromatic nitrogens is 1. The van der Waals surface area contributed by atoms with E-state index in [9.17, 15) is 4.79 Å². The first-order chi connectivity index (χ1) is 11.8. The predicted octanol–water partition coefficient (Wildman–Crippen LogP) is 5.78. The molecule has 0 bridgehead atoms. The molecular formula is C22H33NO2. The molecule has 0 saturated heterocycles. The Hall–Kier alpha value is -1.82. The summed E-state index contributed by atoms with van der Waals surface area (Å²) in [5.41, 5.74) is 2.82. The molecule has 0 unspecified atom stereocenters. The van der Waals surface area contributed by atoms with Crippen molar-refractivity contribution in [2.75, 3.05) is 0 Å². The number of unbranched alkanes of at least 4 members (excludes halogenated alkanes) is 6. The molecule has 0 aliphatic rings. The molecule has 0 aromatic carbocycles. The van der Waals surface area contributed by atoms with Crippen molar-refractivity contribution in [3.05, 3.63) is 28.6 Å². The third-order valence-electron chi connectivity index (χ3n) is 4.62. The van der Waals surface area contributed by atoms with Crippen LogP contribution in [0.5, 0.6) is 0 Å². The van der Waals surface area contributed by atoms with Crippen molar-refractivity contribution in [2.45, 2.75) is 85.5 Å². The second-order valence-electron chi connectivity index (χ2n) is 8.12. The van der Waals surface area contributed by atoms with Gasteiger partial charge >= 0.3 is 5.97 Å². The van der Waals surface area contributed by atoms with Gasteiger partial charge in [-0.1, -0.05) is 65.2 Å². The van der Waals surface area contributed by atoms with Gasteiger partial charge in [0.1, 0.15) is 0 Å². The van der Waals surface area contributed by atoms with Crippen LogP contribution < -0.4 is 0 Å². The minimum atomic E-state index is -1.02. The Balaban J connectivity index is 2.30. The summed E-state index contributed by atoms with van der Waals surface area (Å²) in [5.74, 6) is 1.62. The predicted molar refractivity (Wildman–Crippen MR) is 104 cm³/mol. The maximum atomic E-state index is 11.1. The van der Waals surface area contributed by atoms with Gasteiger partial charge in [-0.05, 0) is 42.7 Å². The monoisotopic (exact) mass is 343 g/mol. The highest BCUT2D eigenvalue weighted by molar-refractivity contribution is 5.87. The van der Waals surface area contributed by atoms with Gasteiger partial charge in [-0.15, -0.1) is 6.42 Å². The van der Waals surface area contributed by atoms with E-state index in [4.69, 9.17) is 11.5 Å². The van der Waals surface area contributed by atoms with E-state index in [0.717, 1.165) is 18.4 Å². The molecule has 1 rings (SSSR count). The number of aromatic carboxylic acids is 1. The van der Waals surface area contributed by atoms with Crippen LogP contribution in [-0.4, -0.2) is 16.1 Å². The summed E-state index contributed by atoms with van der Waals surface area (Å²) in [6.45, 7) is 8.65. The Labute approximate surface area is 153 Å². The molecule has 1 heterocycles. The van der Waals surface area contributed by atoms with Gasteiger partial charge in [0.25, 0.3) is 0 Å². The van der Waals surface area contributed by atoms with Gasteiger partial charge in [-0.2, -0.15) is 0 Å². The van der Waals surface area contributed by atoms with Crippen LogP contribution >= 0.6 is 0 Å². The lowest BCUT2D eigenvalue weighted by atomic mass is 9.89. The molecule has 0 saturated carbocycles. The molecule has 1 aromatic rings. The molecular weight excluding hydrogens is 310 g/mol. The Bertz CT molecular complexity index is 606. The maximum Gasteiger partial charge on any atom is 0.354 e. The summed E-state index contributed by atoms with van der Waals surface area (Å²) in [6, 6.07) is 0. The van der Waals surface area contributed by atoms with E-state index < -0.39 is 5.97 Å². The Morgan fingerprint density at radius 1 is 1.12 bits per heavy atom. The number of terminal acetylenes is 1. The average molecular weight is 344 g/mol. The third-order valence-corrected chi connectivity index (χ3v) is 4.62. The number of aryl methyl sites for hydroxylation is 1. The summed E-state index contributed by atoms with van der Waals surface area (Å²) < 4.78 is 0. The number of hydrogen-bond acceptors (Lipinski definition) is 2. The normalized spacial score (nSPS) is 11.3. The average Bonchev–Trinajstić information content (AvgIpc) is 2.52. The van der Waals surface area contributed by atoms with Gasteiger partial charge in [0.2, 0.25) is 0 Å². The van der Waals surface area contributed by atoms with Crippen molar-refractivity contribution >= 4 is 5.97 Å². The SMILES string of the molecule is C#Cc1c(CCCCCCCCCC(C)(C)C)cnc(C(=O)O)c1C. The number of carboxylic acids is 1. The van der Waals surface area contributed by atoms with Gasteiger partial charge in [0.15, 0.2) is 5.69 Å². The molecule has 0 amide bonds. The highest BCUT2D eigenvalue weighted by Gasteiger charge is 2.14. The number of carbonyl (C=O) groups is 1. The molecule has 1 N–H and O–H groups in total. The highest BCUT2D eigenvalue weighted by Crippen LogP contribution is 2.23. The Kier molecular flexibility index (Phi) is 8.69. The van der Waals surface area contributed by atoms with Crippen LogP contribution in [0, 0.1) is 24.7 Å². The number of pyridine rings is 1. The van der Waals surface area contributed by atoms with E-state index in [1.54, 1.807) is 13.1 Å². The molecule has 0 aliphatic heterocycles. The number of carboxylic acid groups (broad SMARTS) is 1. The summed E-state index contributed by atoms with van der Waals surface area (Å²) >= 11 is 0. The van der Waals surface area contributed by atoms with Gasteiger partial charge in [-0.25, -0.2) is 9.78 Å². The smallest absolute Gasteiger partial charge is 0.354 e. The Morgan fingerprint density at radius 2 is 1.68 bits per heavy atom. The van der Waals surface area contributed by atoms with Gasteiger partial charge < -0.3 is 5.11 Å². The lowest BCUT2D eigenvalue weighted by molar-refractivity contribution is 0.0689. The van der Waals surface area contributed by atoms with E-state index in [1.807, 2.05) is 0 Å². The molecule has 138 valence electrons. The zero-order valence-corrected chi connectivity index (χ0v) is 16.3. The van der Waals surface area contributed by atoms with Crippen molar-refractivity contribution < 1.29 is 9.90 Å². The van der Waals surface area contributed by atoms with E-state index in [-0.39, 0.29) is 5.69 Å². The number of hydrogen-bond donors (Lipinski definition) is 1. The fourth-order valence-electron chi connectivity index (χ4n) is 3.12. The number of nitrogens with zero attached hydrogens (tertiary/aromatic N) is 1. The summed E-state index contributed by atoms with van der Waals surface area (Å²) in [6.07, 6.45) is 18.2. The van der Waals surface area contributed by atoms with E-state index in [1.165, 1.54) is 44.9 Å². The fraction of sp³-hybridized carbons (Fsp3) is 0.636. The number of rotatable bonds is 10. The van der Waals surface area contributed by atoms with Crippen molar-refractivity contribution in [1.82, 2.24) is 4.98 Å². The Morgan fingerprint density at radius 3 is 2.20 bits per heavy atom. The van der Waals surface area contributed by atoms with E-state index >= 15 is 0 Å². The molecule has 25 heavy (non-hydrogen) atoms. The third kappa shape index (κ3) is 7.73.